The van der Waals surface area contributed by atoms with Crippen LogP contribution < -0.4 is 0 Å². The van der Waals surface area contributed by atoms with Crippen molar-refractivity contribution >= 4 is 11.8 Å². The number of nitriles is 1. The van der Waals surface area contributed by atoms with E-state index in [-0.39, 0.29) is 51.5 Å². The summed E-state index contributed by atoms with van der Waals surface area (Å²) >= 11 is 0. The average molecular weight is 576 g/mol. The number of carbonyl (C=O) groups is 2. The topological polar surface area (TPSA) is 126 Å². The first-order chi connectivity index (χ1) is 19.5. The Hall–Kier alpha value is -2.95. The van der Waals surface area contributed by atoms with Gasteiger partial charge in [-0.3, -0.25) is 9.59 Å². The van der Waals surface area contributed by atoms with Crippen molar-refractivity contribution in [2.24, 2.45) is 44.8 Å². The van der Waals surface area contributed by atoms with E-state index in [0.29, 0.717) is 30.2 Å². The highest BCUT2D eigenvalue weighted by atomic mass is 16.5. The van der Waals surface area contributed by atoms with Gasteiger partial charge in [-0.1, -0.05) is 40.2 Å². The maximum Gasteiger partial charge on any atom is 0.312 e. The first kappa shape index (κ1) is 29.1. The quantitative estimate of drug-likeness (QED) is 0.386. The summed E-state index contributed by atoms with van der Waals surface area (Å²) in [6.45, 7) is 14.9. The van der Waals surface area contributed by atoms with Gasteiger partial charge in [-0.05, 0) is 97.9 Å². The summed E-state index contributed by atoms with van der Waals surface area (Å²) in [5.41, 5.74) is -1.57. The lowest BCUT2D eigenvalue weighted by Gasteiger charge is -2.69. The zero-order chi connectivity index (χ0) is 30.7. The number of allylic oxidation sites excluding steroid dienone is 4. The van der Waals surface area contributed by atoms with Crippen LogP contribution in [0.25, 0.3) is 0 Å². The molecule has 5 aliphatic carbocycles. The number of carbonyl (C=O) groups excluding carboxylic acids is 2. The van der Waals surface area contributed by atoms with Crippen molar-refractivity contribution in [2.45, 2.75) is 105 Å². The van der Waals surface area contributed by atoms with E-state index in [9.17, 15) is 20.0 Å². The first-order valence-electron chi connectivity index (χ1n) is 15.5. The van der Waals surface area contributed by atoms with E-state index in [0.717, 1.165) is 44.1 Å². The monoisotopic (exact) mass is 575 g/mol. The first-order valence-corrected chi connectivity index (χ1v) is 15.5. The molecule has 1 unspecified atom stereocenters. The fourth-order valence-corrected chi connectivity index (χ4v) is 10.9. The molecule has 226 valence electrons. The summed E-state index contributed by atoms with van der Waals surface area (Å²) in [4.78, 5) is 28.1. The average Bonchev–Trinajstić information content (AvgIpc) is 3.38. The van der Waals surface area contributed by atoms with Crippen LogP contribution in [0.15, 0.2) is 27.4 Å². The molecule has 3 fully saturated rings. The smallest absolute Gasteiger partial charge is 0.312 e. The van der Waals surface area contributed by atoms with Crippen LogP contribution in [-0.4, -0.2) is 34.2 Å². The van der Waals surface area contributed by atoms with Crippen molar-refractivity contribution in [3.63, 3.8) is 0 Å². The van der Waals surface area contributed by atoms with Gasteiger partial charge in [-0.2, -0.15) is 5.26 Å². The summed E-state index contributed by atoms with van der Waals surface area (Å²) in [6.07, 6.45) is 7.81. The van der Waals surface area contributed by atoms with E-state index in [1.165, 1.54) is 7.11 Å². The minimum absolute atomic E-state index is 0.00322. The molecule has 8 nitrogen and oxygen atoms in total. The number of ketones is 1. The number of nitrogens with zero attached hydrogens (tertiary/aromatic N) is 3. The molecule has 0 radical (unpaired) electrons. The second-order valence-corrected chi connectivity index (χ2v) is 15.8. The third-order valence-corrected chi connectivity index (χ3v) is 13.4. The zero-order valence-electron chi connectivity index (χ0n) is 26.4. The van der Waals surface area contributed by atoms with E-state index in [4.69, 9.17) is 9.15 Å². The van der Waals surface area contributed by atoms with Crippen LogP contribution in [0.5, 0.6) is 0 Å². The third kappa shape index (κ3) is 3.40. The van der Waals surface area contributed by atoms with Crippen LogP contribution in [0, 0.1) is 63.1 Å². The number of ether oxygens (including phenoxy) is 1. The second kappa shape index (κ2) is 8.80. The summed E-state index contributed by atoms with van der Waals surface area (Å²) in [5, 5.41) is 30.2. The van der Waals surface area contributed by atoms with Crippen molar-refractivity contribution < 1.29 is 23.8 Å². The molecule has 6 rings (SSSR count). The highest BCUT2D eigenvalue weighted by Crippen LogP contribution is 2.75. The number of hydrogen-bond donors (Lipinski definition) is 1. The van der Waals surface area contributed by atoms with Crippen LogP contribution in [-0.2, 0) is 19.7 Å². The number of aliphatic hydroxyl groups is 1. The highest BCUT2D eigenvalue weighted by Gasteiger charge is 2.72. The molecule has 3 saturated carbocycles. The number of hydrogen-bond acceptors (Lipinski definition) is 8. The Labute approximate surface area is 249 Å². The van der Waals surface area contributed by atoms with E-state index >= 15 is 0 Å². The van der Waals surface area contributed by atoms with Gasteiger partial charge in [0.1, 0.15) is 11.2 Å². The molecule has 1 N–H and O–H groups in total. The fourth-order valence-electron chi connectivity index (χ4n) is 10.9. The molecule has 0 aromatic carbocycles. The molecule has 1 aromatic rings. The molecule has 8 heteroatoms. The van der Waals surface area contributed by atoms with Gasteiger partial charge >= 0.3 is 5.97 Å². The summed E-state index contributed by atoms with van der Waals surface area (Å²) < 4.78 is 11.4. The Morgan fingerprint density at radius 2 is 1.79 bits per heavy atom. The number of aliphatic hydroxyl groups excluding tert-OH is 1. The van der Waals surface area contributed by atoms with Crippen molar-refractivity contribution in [2.75, 3.05) is 7.11 Å². The van der Waals surface area contributed by atoms with Crippen molar-refractivity contribution in [3.05, 3.63) is 34.8 Å². The van der Waals surface area contributed by atoms with Crippen LogP contribution in [0.4, 0.5) is 0 Å². The Bertz CT molecular complexity index is 1480. The minimum atomic E-state index is -1.05. The molecule has 1 heterocycles. The van der Waals surface area contributed by atoms with E-state index < -0.39 is 16.2 Å². The second-order valence-electron chi connectivity index (χ2n) is 15.8. The molecule has 5 aliphatic rings. The number of rotatable bonds is 2. The number of methoxy groups -OCH3 is 1. The van der Waals surface area contributed by atoms with E-state index in [1.54, 1.807) is 6.92 Å². The number of aromatic nitrogens is 2. The van der Waals surface area contributed by atoms with Gasteiger partial charge in [-0.15, -0.1) is 10.2 Å². The SMILES string of the molecule is COC(=O)[C@]12CCC(C)(C)C[C@H]1[C@H]1C(=O)C=C3[C@@]4(C)CC(C#N)=C(O)[C@@](C)(c5nnc(C)o5)C4CC[C@@]3(C)[C@]1(C)CC2. The normalized spacial score (nSPS) is 44.1. The summed E-state index contributed by atoms with van der Waals surface area (Å²) in [5.74, 6) is 0.113. The van der Waals surface area contributed by atoms with Crippen LogP contribution >= 0.6 is 0 Å². The molecule has 0 bridgehead atoms. The van der Waals surface area contributed by atoms with Crippen molar-refractivity contribution in [3.8, 4) is 6.07 Å². The Morgan fingerprint density at radius 3 is 2.40 bits per heavy atom. The summed E-state index contributed by atoms with van der Waals surface area (Å²) in [7, 11) is 1.48. The molecule has 8 atom stereocenters. The molecule has 0 saturated heterocycles. The van der Waals surface area contributed by atoms with Crippen molar-refractivity contribution in [1.29, 1.82) is 5.26 Å². The van der Waals surface area contributed by atoms with Crippen LogP contribution in [0.2, 0.25) is 0 Å². The molecule has 0 spiro atoms. The van der Waals surface area contributed by atoms with E-state index in [2.05, 4.69) is 50.9 Å². The van der Waals surface area contributed by atoms with E-state index in [1.807, 2.05) is 13.0 Å². The Morgan fingerprint density at radius 1 is 1.10 bits per heavy atom. The lowest BCUT2D eigenvalue weighted by Crippen LogP contribution is -2.66. The standard InChI is InChI=1S/C34H45N3O5/c1-19-36-37-27(42-19)33(7)23-9-10-31(5)24(30(23,4)16-20(18-35)26(33)39)15-22(38)25-21-17-29(2,3)11-13-34(21,28(40)41-8)14-12-32(25,31)6/h15,21,23,25,39H,9-14,16-17H2,1-8H3/t21-,23?,25-,30-,31+,32+,33-,34-/m0/s1. The highest BCUT2D eigenvalue weighted by molar-refractivity contribution is 5.96. The molecule has 42 heavy (non-hydrogen) atoms. The maximum atomic E-state index is 14.6. The molecule has 1 aromatic heterocycles. The number of fused-ring (bicyclic) bond motifs is 7. The maximum absolute atomic E-state index is 14.6. The van der Waals surface area contributed by atoms with Gasteiger partial charge in [0.25, 0.3) is 0 Å². The van der Waals surface area contributed by atoms with Gasteiger partial charge in [0.15, 0.2) is 5.78 Å². The molecular weight excluding hydrogens is 530 g/mol. The van der Waals surface area contributed by atoms with Gasteiger partial charge < -0.3 is 14.3 Å². The molecule has 0 amide bonds. The van der Waals surface area contributed by atoms with Crippen LogP contribution in [0.3, 0.4) is 0 Å². The number of esters is 1. The minimum Gasteiger partial charge on any atom is -0.510 e. The Kier molecular flexibility index (Phi) is 6.10. The van der Waals surface area contributed by atoms with Crippen LogP contribution in [0.1, 0.15) is 105 Å². The predicted molar refractivity (Wildman–Crippen MR) is 155 cm³/mol. The lowest BCUT2D eigenvalue weighted by atomic mass is 9.34. The van der Waals surface area contributed by atoms with Gasteiger partial charge in [0, 0.05) is 12.8 Å². The largest absolute Gasteiger partial charge is 0.510 e. The van der Waals surface area contributed by atoms with Gasteiger partial charge in [-0.25, -0.2) is 0 Å². The number of aryl methyl sites for hydroxylation is 1. The van der Waals surface area contributed by atoms with Crippen molar-refractivity contribution in [1.82, 2.24) is 10.2 Å². The predicted octanol–water partition coefficient (Wildman–Crippen LogP) is 6.71. The van der Waals surface area contributed by atoms with Gasteiger partial charge in [0.05, 0.1) is 24.2 Å². The fraction of sp³-hybridized carbons (Fsp3) is 0.735. The summed E-state index contributed by atoms with van der Waals surface area (Å²) in [6, 6.07) is 2.28. The van der Waals surface area contributed by atoms with Gasteiger partial charge in [0.2, 0.25) is 11.8 Å². The molecular formula is C34H45N3O5. The lowest BCUT2D eigenvalue weighted by molar-refractivity contribution is -0.191. The Balaban J connectivity index is 1.53. The third-order valence-electron chi connectivity index (χ3n) is 13.4. The molecule has 0 aliphatic heterocycles. The zero-order valence-corrected chi connectivity index (χ0v) is 26.4.